The predicted molar refractivity (Wildman–Crippen MR) is 141 cm³/mol. The summed E-state index contributed by atoms with van der Waals surface area (Å²) < 4.78 is 21.1. The maximum Gasteiger partial charge on any atom is 0.234 e. The molecule has 210 valence electrons. The van der Waals surface area contributed by atoms with E-state index in [9.17, 15) is 9.90 Å². The summed E-state index contributed by atoms with van der Waals surface area (Å²) in [6.45, 7) is 4.77. The molecule has 1 aliphatic carbocycles. The first-order valence-electron chi connectivity index (χ1n) is 13.3. The Bertz CT molecular complexity index is 788. The summed E-state index contributed by atoms with van der Waals surface area (Å²) in [5.74, 6) is -0.117. The van der Waals surface area contributed by atoms with Crippen LogP contribution >= 0.6 is 0 Å². The van der Waals surface area contributed by atoms with Gasteiger partial charge >= 0.3 is 0 Å². The van der Waals surface area contributed by atoms with Crippen molar-refractivity contribution >= 4 is 5.91 Å². The molecule has 1 spiro atoms. The Labute approximate surface area is 221 Å². The lowest BCUT2D eigenvalue weighted by Gasteiger charge is -2.49. The van der Waals surface area contributed by atoms with Gasteiger partial charge < -0.3 is 29.4 Å². The van der Waals surface area contributed by atoms with Crippen LogP contribution in [0.2, 0.25) is 0 Å². The fourth-order valence-corrected chi connectivity index (χ4v) is 5.40. The number of hydrogen-bond acceptors (Lipinski definition) is 9. The molecule has 1 aliphatic heterocycles. The maximum atomic E-state index is 12.5. The van der Waals surface area contributed by atoms with Crippen molar-refractivity contribution < 1.29 is 28.8 Å². The minimum atomic E-state index is -0.818. The number of carbonyl (C=O) groups is 1. The largest absolute Gasteiger partial charge is 0.382 e. The highest BCUT2D eigenvalue weighted by Crippen LogP contribution is 2.46. The first kappa shape index (κ1) is 29.9. The number of nitrogens with one attached hydrogen (secondary N) is 2. The Morgan fingerprint density at radius 1 is 1.00 bits per heavy atom. The predicted octanol–water partition coefficient (Wildman–Crippen LogP) is 0.750. The van der Waals surface area contributed by atoms with Gasteiger partial charge in [0.2, 0.25) is 5.91 Å². The van der Waals surface area contributed by atoms with Crippen molar-refractivity contribution in [3.05, 3.63) is 35.9 Å². The van der Waals surface area contributed by atoms with Crippen LogP contribution in [0.5, 0.6) is 0 Å². The molecule has 1 saturated heterocycles. The van der Waals surface area contributed by atoms with Gasteiger partial charge in [0.25, 0.3) is 0 Å². The smallest absolute Gasteiger partial charge is 0.234 e. The first-order chi connectivity index (χ1) is 17.9. The summed E-state index contributed by atoms with van der Waals surface area (Å²) in [5.41, 5.74) is 1.16. The molecular formula is C27H46N4O6. The summed E-state index contributed by atoms with van der Waals surface area (Å²) >= 11 is 0. The van der Waals surface area contributed by atoms with Crippen LogP contribution in [0, 0.1) is 0 Å². The normalized spacial score (nSPS) is 26.2. The molecule has 1 amide bonds. The Morgan fingerprint density at radius 3 is 2.19 bits per heavy atom. The maximum absolute atomic E-state index is 12.5. The molecule has 0 bridgehead atoms. The molecule has 2 aliphatic rings. The van der Waals surface area contributed by atoms with E-state index in [-0.39, 0.29) is 23.5 Å². The van der Waals surface area contributed by atoms with Gasteiger partial charge in [-0.15, -0.1) is 0 Å². The Balaban J connectivity index is 1.31. The number of aliphatic hydroxyl groups is 1. The van der Waals surface area contributed by atoms with Gasteiger partial charge in [-0.05, 0) is 45.3 Å². The van der Waals surface area contributed by atoms with E-state index >= 15 is 0 Å². The molecule has 3 rings (SSSR count). The number of rotatable bonds is 16. The summed E-state index contributed by atoms with van der Waals surface area (Å²) in [6.07, 6.45) is 3.04. The number of methoxy groups -OCH3 is 1. The van der Waals surface area contributed by atoms with Crippen LogP contribution < -0.4 is 10.6 Å². The van der Waals surface area contributed by atoms with Gasteiger partial charge in [-0.25, -0.2) is 0 Å². The monoisotopic (exact) mass is 522 g/mol. The third kappa shape index (κ3) is 8.69. The van der Waals surface area contributed by atoms with Crippen LogP contribution in [-0.4, -0.2) is 120 Å². The van der Waals surface area contributed by atoms with E-state index in [4.69, 9.17) is 18.9 Å². The number of hydrogen-bond donors (Lipinski definition) is 3. The molecule has 3 N–H and O–H groups in total. The fourth-order valence-electron chi connectivity index (χ4n) is 5.40. The second-order valence-electron chi connectivity index (χ2n) is 10.2. The van der Waals surface area contributed by atoms with Gasteiger partial charge in [-0.1, -0.05) is 30.3 Å². The lowest BCUT2D eigenvalue weighted by Crippen LogP contribution is -2.54. The Morgan fingerprint density at radius 2 is 1.59 bits per heavy atom. The van der Waals surface area contributed by atoms with Crippen molar-refractivity contribution in [1.82, 2.24) is 20.4 Å². The standard InChI is InChI=1S/C27H46N4O6/c1-30(2)27(23-7-5-4-6-8-23)11-9-26(10-12-27)22-31(25(33)29-26)21-24(32)28-13-14-35-17-18-37-20-19-36-16-15-34-3/h4-8,25,29,33H,9-22H2,1-3H3,(H,28,32)/t25?,26-,27+. The molecule has 1 aromatic carbocycles. The van der Waals surface area contributed by atoms with Crippen molar-refractivity contribution in [2.24, 2.45) is 0 Å². The van der Waals surface area contributed by atoms with Crippen molar-refractivity contribution in [3.63, 3.8) is 0 Å². The number of amides is 1. The van der Waals surface area contributed by atoms with Gasteiger partial charge in [0.05, 0.1) is 52.8 Å². The van der Waals surface area contributed by atoms with E-state index in [0.29, 0.717) is 59.3 Å². The average molecular weight is 523 g/mol. The molecule has 37 heavy (non-hydrogen) atoms. The van der Waals surface area contributed by atoms with E-state index in [1.807, 2.05) is 4.90 Å². The zero-order chi connectivity index (χ0) is 26.6. The lowest BCUT2D eigenvalue weighted by molar-refractivity contribution is -0.124. The molecule has 1 saturated carbocycles. The van der Waals surface area contributed by atoms with Crippen molar-refractivity contribution in [2.75, 3.05) is 87.1 Å². The van der Waals surface area contributed by atoms with Crippen LogP contribution in [0.1, 0.15) is 31.2 Å². The number of nitrogens with zero attached hydrogens (tertiary/aromatic N) is 2. The quantitative estimate of drug-likeness (QED) is 0.271. The molecule has 10 nitrogen and oxygen atoms in total. The van der Waals surface area contributed by atoms with Crippen LogP contribution in [0.15, 0.2) is 30.3 Å². The van der Waals surface area contributed by atoms with E-state index in [2.05, 4.69) is 60.0 Å². The highest BCUT2D eigenvalue weighted by molar-refractivity contribution is 5.78. The molecular weight excluding hydrogens is 476 g/mol. The van der Waals surface area contributed by atoms with Gasteiger partial charge in [-0.3, -0.25) is 19.9 Å². The lowest BCUT2D eigenvalue weighted by atomic mass is 9.69. The fraction of sp³-hybridized carbons (Fsp3) is 0.741. The molecule has 1 atom stereocenters. The summed E-state index contributed by atoms with van der Waals surface area (Å²) in [7, 11) is 5.94. The summed E-state index contributed by atoms with van der Waals surface area (Å²) in [4.78, 5) is 16.6. The molecule has 1 aromatic rings. The van der Waals surface area contributed by atoms with Crippen LogP contribution in [0.3, 0.4) is 0 Å². The third-order valence-electron chi connectivity index (χ3n) is 7.58. The number of ether oxygens (including phenoxy) is 4. The van der Waals surface area contributed by atoms with Crippen LogP contribution in [-0.2, 0) is 29.3 Å². The van der Waals surface area contributed by atoms with Gasteiger partial charge in [-0.2, -0.15) is 0 Å². The SMILES string of the molecule is COCCOCCOCCOCCNC(=O)CN1C[C@]2(CC[C@](c3ccccc3)(N(C)C)CC2)NC1O. The van der Waals surface area contributed by atoms with Gasteiger partial charge in [0.15, 0.2) is 6.35 Å². The number of carbonyl (C=O) groups excluding carboxylic acids is 1. The molecule has 10 heteroatoms. The van der Waals surface area contributed by atoms with Crippen LogP contribution in [0.4, 0.5) is 0 Å². The van der Waals surface area contributed by atoms with Gasteiger partial charge in [0, 0.05) is 31.3 Å². The molecule has 0 aromatic heterocycles. The topological polar surface area (TPSA) is 105 Å². The van der Waals surface area contributed by atoms with Crippen molar-refractivity contribution in [1.29, 1.82) is 0 Å². The van der Waals surface area contributed by atoms with Crippen LogP contribution in [0.25, 0.3) is 0 Å². The highest BCUT2D eigenvalue weighted by Gasteiger charge is 2.50. The highest BCUT2D eigenvalue weighted by atomic mass is 16.6. The Kier molecular flexibility index (Phi) is 12.2. The second-order valence-corrected chi connectivity index (χ2v) is 10.2. The van der Waals surface area contributed by atoms with E-state index in [1.54, 1.807) is 7.11 Å². The minimum Gasteiger partial charge on any atom is -0.382 e. The molecule has 0 radical (unpaired) electrons. The van der Waals surface area contributed by atoms with E-state index < -0.39 is 6.35 Å². The second kappa shape index (κ2) is 15.1. The molecule has 1 heterocycles. The number of benzene rings is 1. The molecule has 2 fully saturated rings. The van der Waals surface area contributed by atoms with Crippen molar-refractivity contribution in [2.45, 2.75) is 43.1 Å². The zero-order valence-electron chi connectivity index (χ0n) is 22.7. The summed E-state index contributed by atoms with van der Waals surface area (Å²) in [5, 5.41) is 16.9. The summed E-state index contributed by atoms with van der Waals surface area (Å²) in [6, 6.07) is 10.7. The van der Waals surface area contributed by atoms with Crippen molar-refractivity contribution in [3.8, 4) is 0 Å². The van der Waals surface area contributed by atoms with Gasteiger partial charge in [0.1, 0.15) is 0 Å². The third-order valence-corrected chi connectivity index (χ3v) is 7.58. The Hall–Kier alpha value is -1.63. The molecule has 1 unspecified atom stereocenters. The van der Waals surface area contributed by atoms with E-state index in [1.165, 1.54) is 5.56 Å². The number of aliphatic hydroxyl groups excluding tert-OH is 1. The first-order valence-corrected chi connectivity index (χ1v) is 13.3. The van der Waals surface area contributed by atoms with E-state index in [0.717, 1.165) is 25.7 Å². The minimum absolute atomic E-state index is 0.00713. The zero-order valence-corrected chi connectivity index (χ0v) is 22.7. The average Bonchev–Trinajstić information content (AvgIpc) is 3.19.